The minimum absolute atomic E-state index is 0.0593. The molecule has 1 N–H and O–H groups in total. The van der Waals surface area contributed by atoms with Crippen LogP contribution in [0.4, 0.5) is 10.8 Å². The molecule has 0 spiro atoms. The van der Waals surface area contributed by atoms with E-state index in [0.717, 1.165) is 23.3 Å². The summed E-state index contributed by atoms with van der Waals surface area (Å²) >= 11 is 1.07. The fourth-order valence-corrected chi connectivity index (χ4v) is 4.28. The van der Waals surface area contributed by atoms with Crippen molar-refractivity contribution in [3.05, 3.63) is 65.0 Å². The molecule has 0 saturated carbocycles. The van der Waals surface area contributed by atoms with Gasteiger partial charge in [0.05, 0.1) is 12.3 Å². The first-order valence-corrected chi connectivity index (χ1v) is 10.8. The third kappa shape index (κ3) is 4.49. The summed E-state index contributed by atoms with van der Waals surface area (Å²) in [5, 5.41) is 3.07. The van der Waals surface area contributed by atoms with Gasteiger partial charge in [0, 0.05) is 29.8 Å². The molecule has 1 aromatic heterocycles. The molecule has 1 fully saturated rings. The standard InChI is InChI=1S/C23H21N3O4S/c1-2-30-22(29)20-19(15-8-4-3-5-9-15)24-23(31-20)25-21(28)16-10-6-11-17(14-16)26-13-7-12-18(26)27/h3-6,8-11,14H,2,7,12-13H2,1H3,(H,24,25,28). The van der Waals surface area contributed by atoms with E-state index in [-0.39, 0.29) is 18.4 Å². The third-order valence-corrected chi connectivity index (χ3v) is 5.80. The fraction of sp³-hybridized carbons (Fsp3) is 0.217. The number of hydrogen-bond acceptors (Lipinski definition) is 6. The molecule has 0 bridgehead atoms. The highest BCUT2D eigenvalue weighted by Gasteiger charge is 2.24. The van der Waals surface area contributed by atoms with Crippen molar-refractivity contribution in [1.82, 2.24) is 4.98 Å². The summed E-state index contributed by atoms with van der Waals surface area (Å²) < 4.78 is 5.16. The Morgan fingerprint density at radius 2 is 1.97 bits per heavy atom. The van der Waals surface area contributed by atoms with Gasteiger partial charge in [-0.15, -0.1) is 0 Å². The monoisotopic (exact) mass is 435 g/mol. The molecule has 0 atom stereocenters. The predicted molar refractivity (Wildman–Crippen MR) is 119 cm³/mol. The van der Waals surface area contributed by atoms with Crippen molar-refractivity contribution >= 4 is 39.9 Å². The lowest BCUT2D eigenvalue weighted by atomic mass is 10.1. The summed E-state index contributed by atoms with van der Waals surface area (Å²) in [6.45, 7) is 2.64. The summed E-state index contributed by atoms with van der Waals surface area (Å²) in [4.78, 5) is 43.8. The smallest absolute Gasteiger partial charge is 0.350 e. The first-order valence-electron chi connectivity index (χ1n) is 10.0. The molecule has 0 aliphatic carbocycles. The largest absolute Gasteiger partial charge is 0.462 e. The van der Waals surface area contributed by atoms with Crippen molar-refractivity contribution in [2.75, 3.05) is 23.4 Å². The van der Waals surface area contributed by atoms with Crippen molar-refractivity contribution < 1.29 is 19.1 Å². The molecule has 1 aliphatic heterocycles. The van der Waals surface area contributed by atoms with Gasteiger partial charge in [-0.05, 0) is 31.5 Å². The lowest BCUT2D eigenvalue weighted by Crippen LogP contribution is -2.24. The van der Waals surface area contributed by atoms with Crippen molar-refractivity contribution in [3.63, 3.8) is 0 Å². The first-order chi connectivity index (χ1) is 15.1. The second kappa shape index (κ2) is 9.09. The van der Waals surface area contributed by atoms with E-state index in [2.05, 4.69) is 10.3 Å². The van der Waals surface area contributed by atoms with Crippen LogP contribution in [-0.4, -0.2) is 35.9 Å². The van der Waals surface area contributed by atoms with Crippen molar-refractivity contribution in [3.8, 4) is 11.3 Å². The van der Waals surface area contributed by atoms with Crippen LogP contribution in [0.1, 0.15) is 39.8 Å². The number of benzene rings is 2. The Bertz CT molecular complexity index is 1130. The highest BCUT2D eigenvalue weighted by molar-refractivity contribution is 7.18. The molecule has 31 heavy (non-hydrogen) atoms. The molecule has 0 radical (unpaired) electrons. The molecule has 2 heterocycles. The summed E-state index contributed by atoms with van der Waals surface area (Å²) in [5.74, 6) is -0.782. The first kappa shape index (κ1) is 20.7. The van der Waals surface area contributed by atoms with Crippen molar-refractivity contribution in [2.24, 2.45) is 0 Å². The summed E-state index contributed by atoms with van der Waals surface area (Å²) in [6, 6.07) is 16.2. The summed E-state index contributed by atoms with van der Waals surface area (Å²) in [6.07, 6.45) is 1.34. The van der Waals surface area contributed by atoms with Gasteiger partial charge in [-0.1, -0.05) is 47.7 Å². The van der Waals surface area contributed by atoms with Crippen LogP contribution in [0.25, 0.3) is 11.3 Å². The molecule has 2 amide bonds. The number of thiazole rings is 1. The highest BCUT2D eigenvalue weighted by Crippen LogP contribution is 2.32. The van der Waals surface area contributed by atoms with E-state index < -0.39 is 5.97 Å². The maximum Gasteiger partial charge on any atom is 0.350 e. The molecule has 158 valence electrons. The lowest BCUT2D eigenvalue weighted by Gasteiger charge is -2.16. The van der Waals surface area contributed by atoms with Gasteiger partial charge in [-0.25, -0.2) is 9.78 Å². The zero-order valence-corrected chi connectivity index (χ0v) is 17.8. The van der Waals surface area contributed by atoms with Gasteiger partial charge < -0.3 is 9.64 Å². The Morgan fingerprint density at radius 1 is 1.16 bits per heavy atom. The molecule has 7 nitrogen and oxygen atoms in total. The van der Waals surface area contributed by atoms with E-state index in [1.165, 1.54) is 0 Å². The molecule has 3 aromatic rings. The van der Waals surface area contributed by atoms with E-state index in [0.29, 0.717) is 39.9 Å². The van der Waals surface area contributed by atoms with Crippen molar-refractivity contribution in [1.29, 1.82) is 0 Å². The summed E-state index contributed by atoms with van der Waals surface area (Å²) in [7, 11) is 0. The van der Waals surface area contributed by atoms with Gasteiger partial charge in [0.2, 0.25) is 5.91 Å². The maximum atomic E-state index is 12.9. The molecule has 2 aromatic carbocycles. The Hall–Kier alpha value is -3.52. The quantitative estimate of drug-likeness (QED) is 0.581. The second-order valence-corrected chi connectivity index (χ2v) is 7.94. The number of nitrogens with zero attached hydrogens (tertiary/aromatic N) is 2. The molecular formula is C23H21N3O4S. The van der Waals surface area contributed by atoms with E-state index in [4.69, 9.17) is 4.74 Å². The predicted octanol–water partition coefficient (Wildman–Crippen LogP) is 4.37. The van der Waals surface area contributed by atoms with E-state index in [1.807, 2.05) is 36.4 Å². The SMILES string of the molecule is CCOC(=O)c1sc(NC(=O)c2cccc(N3CCCC3=O)c2)nc1-c1ccccc1. The number of amides is 2. The topological polar surface area (TPSA) is 88.6 Å². The molecule has 1 aliphatic rings. The zero-order chi connectivity index (χ0) is 21.8. The average Bonchev–Trinajstić information content (AvgIpc) is 3.41. The third-order valence-electron chi connectivity index (χ3n) is 4.85. The number of ether oxygens (including phenoxy) is 1. The van der Waals surface area contributed by atoms with Crippen LogP contribution in [0.2, 0.25) is 0 Å². The molecule has 8 heteroatoms. The summed E-state index contributed by atoms with van der Waals surface area (Å²) in [5.41, 5.74) is 2.34. The number of carbonyl (C=O) groups excluding carboxylic acids is 3. The Morgan fingerprint density at radius 3 is 2.68 bits per heavy atom. The van der Waals surface area contributed by atoms with Crippen LogP contribution in [0.15, 0.2) is 54.6 Å². The fourth-order valence-electron chi connectivity index (χ4n) is 3.41. The number of anilines is 2. The van der Waals surface area contributed by atoms with Gasteiger partial charge in [-0.3, -0.25) is 14.9 Å². The minimum atomic E-state index is -0.478. The number of carbonyl (C=O) groups is 3. The molecule has 4 rings (SSSR count). The van der Waals surface area contributed by atoms with E-state index in [9.17, 15) is 14.4 Å². The van der Waals surface area contributed by atoms with E-state index >= 15 is 0 Å². The Balaban J connectivity index is 1.60. The van der Waals surface area contributed by atoms with Gasteiger partial charge in [0.25, 0.3) is 5.91 Å². The molecule has 1 saturated heterocycles. The lowest BCUT2D eigenvalue weighted by molar-refractivity contribution is -0.117. The van der Waals surface area contributed by atoms with Crippen LogP contribution >= 0.6 is 11.3 Å². The average molecular weight is 436 g/mol. The van der Waals surface area contributed by atoms with Crippen LogP contribution in [0.5, 0.6) is 0 Å². The number of nitrogens with one attached hydrogen (secondary N) is 1. The zero-order valence-electron chi connectivity index (χ0n) is 17.0. The van der Waals surface area contributed by atoms with Gasteiger partial charge in [-0.2, -0.15) is 0 Å². The highest BCUT2D eigenvalue weighted by atomic mass is 32.1. The number of esters is 1. The minimum Gasteiger partial charge on any atom is -0.462 e. The second-order valence-electron chi connectivity index (χ2n) is 6.94. The van der Waals surface area contributed by atoms with Crippen LogP contribution in [0.3, 0.4) is 0 Å². The van der Waals surface area contributed by atoms with Crippen molar-refractivity contribution in [2.45, 2.75) is 19.8 Å². The Kier molecular flexibility index (Phi) is 6.08. The van der Waals surface area contributed by atoms with Crippen LogP contribution < -0.4 is 10.2 Å². The normalized spacial score (nSPS) is 13.3. The van der Waals surface area contributed by atoms with Crippen LogP contribution in [0, 0.1) is 0 Å². The van der Waals surface area contributed by atoms with Gasteiger partial charge in [0.15, 0.2) is 5.13 Å². The van der Waals surface area contributed by atoms with Crippen LogP contribution in [-0.2, 0) is 9.53 Å². The number of rotatable bonds is 6. The number of aromatic nitrogens is 1. The van der Waals surface area contributed by atoms with Gasteiger partial charge in [0.1, 0.15) is 4.88 Å². The van der Waals surface area contributed by atoms with Gasteiger partial charge >= 0.3 is 5.97 Å². The Labute approximate surface area is 183 Å². The molecular weight excluding hydrogens is 414 g/mol. The van der Waals surface area contributed by atoms with E-state index in [1.54, 1.807) is 30.0 Å². The maximum absolute atomic E-state index is 12.9. The number of hydrogen-bond donors (Lipinski definition) is 1. The molecule has 0 unspecified atom stereocenters.